The van der Waals surface area contributed by atoms with Crippen molar-refractivity contribution in [3.05, 3.63) is 25.3 Å². The van der Waals surface area contributed by atoms with E-state index in [0.717, 1.165) is 0 Å². The molecule has 0 aromatic carbocycles. The first-order chi connectivity index (χ1) is 28.5. The zero-order chi connectivity index (χ0) is 45.1. The molecule has 0 saturated heterocycles. The van der Waals surface area contributed by atoms with Crippen molar-refractivity contribution < 1.29 is 65.7 Å². The number of esters is 3. The molecule has 1 unspecified atom stereocenters. The lowest BCUT2D eigenvalue weighted by molar-refractivity contribution is -0.162. The molecule has 0 fully saturated rings. The number of rotatable bonds is 23. The summed E-state index contributed by atoms with van der Waals surface area (Å²) in [6.07, 6.45) is 4.61. The van der Waals surface area contributed by atoms with Crippen LogP contribution in [0.15, 0.2) is 25.3 Å². The number of hydrogen-bond donors (Lipinski definition) is 3. The molecular weight excluding hydrogens is 846 g/mol. The summed E-state index contributed by atoms with van der Waals surface area (Å²) >= 11 is 0. The predicted octanol–water partition coefficient (Wildman–Crippen LogP) is 4.46. The number of carbonyl (C=O) groups excluding carboxylic acids is 3. The number of carbonyl (C=O) groups is 3. The fourth-order valence-corrected chi connectivity index (χ4v) is 6.18. The third-order valence-corrected chi connectivity index (χ3v) is 10.4. The molecule has 338 valence electrons. The van der Waals surface area contributed by atoms with Crippen LogP contribution < -0.4 is 10.6 Å². The Bertz CT molecular complexity index is 2180. The molecule has 24 nitrogen and oxygen atoms in total. The summed E-state index contributed by atoms with van der Waals surface area (Å²) in [6, 6.07) is 0. The smallest absolute Gasteiger partial charge is 0.361 e. The highest BCUT2D eigenvalue weighted by molar-refractivity contribution is 7.53. The number of hydrogen-bond acceptors (Lipinski definition) is 21. The molecule has 0 amide bonds. The van der Waals surface area contributed by atoms with Crippen LogP contribution in [0, 0.1) is 16.2 Å². The van der Waals surface area contributed by atoms with Gasteiger partial charge in [0, 0.05) is 13.1 Å². The maximum Gasteiger partial charge on any atom is 0.361 e. The van der Waals surface area contributed by atoms with E-state index in [0.29, 0.717) is 34.0 Å². The van der Waals surface area contributed by atoms with E-state index in [1.165, 1.54) is 25.3 Å². The summed E-state index contributed by atoms with van der Waals surface area (Å²) in [7, 11) is -8.25. The molecule has 0 bridgehead atoms. The molecule has 4 aromatic heterocycles. The minimum Gasteiger partial charge on any atom is -0.438 e. The standard InChI is InChI=1S/C35H54N10O14P2/c1-33(2,3)30(46)54-19-57-60(49,50)22-52-12-10-44-17-42-24-26(38-15-40-28(24)44)36-14-37-27-25-29(41-16-39-27)45(18-43-25)11-13-53-23-61(51,58-20-55-31(47)34(4,5)6)59-21-56-32(48)35(7,8)9/h15-18H,10-14,19-23H2,1-9H3,(H,49,50)(H,36,38,40)(H,37,39,41). The van der Waals surface area contributed by atoms with Gasteiger partial charge in [0.15, 0.2) is 22.9 Å². The molecule has 4 aromatic rings. The van der Waals surface area contributed by atoms with Crippen LogP contribution in [0.4, 0.5) is 11.6 Å². The molecule has 3 N–H and O–H groups in total. The Balaban J connectivity index is 1.27. The van der Waals surface area contributed by atoms with Crippen molar-refractivity contribution in [1.82, 2.24) is 39.0 Å². The van der Waals surface area contributed by atoms with Gasteiger partial charge in [0.25, 0.3) is 0 Å². The molecule has 0 aliphatic carbocycles. The zero-order valence-electron chi connectivity index (χ0n) is 35.6. The summed E-state index contributed by atoms with van der Waals surface area (Å²) in [6.45, 7) is 13.5. The van der Waals surface area contributed by atoms with Gasteiger partial charge in [-0.15, -0.1) is 0 Å². The summed E-state index contributed by atoms with van der Waals surface area (Å²) in [5.41, 5.74) is -0.583. The van der Waals surface area contributed by atoms with Crippen molar-refractivity contribution >= 4 is 67.1 Å². The number of anilines is 2. The number of aromatic nitrogens is 8. The SMILES string of the molecule is CC(C)(C)C(=O)OCOP(=O)(O)COCCn1cnc2c(NCNc3ncnc4c3ncn4CCOCP(=O)(OCOC(=O)C(C)(C)C)OCOC(=O)C(C)(C)C)ncnc21. The average molecular weight is 901 g/mol. The van der Waals surface area contributed by atoms with E-state index in [4.69, 9.17) is 37.3 Å². The monoisotopic (exact) mass is 900 g/mol. The second kappa shape index (κ2) is 20.9. The molecule has 4 heterocycles. The van der Waals surface area contributed by atoms with Crippen LogP contribution in [-0.2, 0) is 73.9 Å². The van der Waals surface area contributed by atoms with E-state index in [2.05, 4.69) is 40.5 Å². The van der Waals surface area contributed by atoms with Gasteiger partial charge < -0.3 is 48.3 Å². The lowest BCUT2D eigenvalue weighted by atomic mass is 9.98. The maximum atomic E-state index is 13.5. The highest BCUT2D eigenvalue weighted by Gasteiger charge is 2.31. The van der Waals surface area contributed by atoms with E-state index < -0.39 is 82.4 Å². The molecule has 26 heteroatoms. The second-order valence-electron chi connectivity index (χ2n) is 16.3. The fraction of sp³-hybridized carbons (Fsp3) is 0.629. The first kappa shape index (κ1) is 49.0. The van der Waals surface area contributed by atoms with Crippen molar-refractivity contribution in [3.8, 4) is 0 Å². The summed E-state index contributed by atoms with van der Waals surface area (Å²) < 4.78 is 70.5. The number of nitrogens with one attached hydrogen (secondary N) is 2. The normalized spacial score (nSPS) is 13.5. The number of nitrogens with zero attached hydrogens (tertiary/aromatic N) is 8. The van der Waals surface area contributed by atoms with Gasteiger partial charge in [-0.2, -0.15) is 0 Å². The van der Waals surface area contributed by atoms with Crippen LogP contribution in [0.25, 0.3) is 22.3 Å². The summed E-state index contributed by atoms with van der Waals surface area (Å²) in [5, 5.41) is 6.29. The van der Waals surface area contributed by atoms with Crippen molar-refractivity contribution in [2.75, 3.05) is 63.6 Å². The van der Waals surface area contributed by atoms with Crippen molar-refractivity contribution in [3.63, 3.8) is 0 Å². The summed E-state index contributed by atoms with van der Waals surface area (Å²) in [4.78, 5) is 72.2. The van der Waals surface area contributed by atoms with Gasteiger partial charge in [-0.1, -0.05) is 0 Å². The topological polar surface area (TPSA) is 291 Å². The summed E-state index contributed by atoms with van der Waals surface area (Å²) in [5.74, 6) is -0.927. The van der Waals surface area contributed by atoms with Gasteiger partial charge >= 0.3 is 33.1 Å². The molecule has 0 saturated carbocycles. The van der Waals surface area contributed by atoms with E-state index in [1.807, 2.05) is 0 Å². The Morgan fingerprint density at radius 2 is 1.00 bits per heavy atom. The van der Waals surface area contributed by atoms with E-state index in [-0.39, 0.29) is 33.0 Å². The van der Waals surface area contributed by atoms with Crippen molar-refractivity contribution in [2.24, 2.45) is 16.2 Å². The van der Waals surface area contributed by atoms with E-state index in [1.54, 1.807) is 71.4 Å². The quantitative estimate of drug-likeness (QED) is 0.0304. The third-order valence-electron chi connectivity index (χ3n) is 7.93. The first-order valence-electron chi connectivity index (χ1n) is 18.8. The average Bonchev–Trinajstić information content (AvgIpc) is 3.79. The molecule has 4 rings (SSSR count). The van der Waals surface area contributed by atoms with Crippen LogP contribution in [0.5, 0.6) is 0 Å². The maximum absolute atomic E-state index is 13.5. The Morgan fingerprint density at radius 3 is 1.41 bits per heavy atom. The van der Waals surface area contributed by atoms with Crippen LogP contribution in [-0.4, -0.2) is 115 Å². The minimum atomic E-state index is -4.18. The fourth-order valence-electron chi connectivity index (χ4n) is 4.52. The first-order valence-corrected chi connectivity index (χ1v) is 22.3. The van der Waals surface area contributed by atoms with Crippen LogP contribution in [0.3, 0.4) is 0 Å². The van der Waals surface area contributed by atoms with Gasteiger partial charge in [-0.05, 0) is 62.3 Å². The van der Waals surface area contributed by atoms with Crippen molar-refractivity contribution in [2.45, 2.75) is 75.4 Å². The number of fused-ring (bicyclic) bond motifs is 2. The molecule has 0 spiro atoms. The third kappa shape index (κ3) is 15.0. The largest absolute Gasteiger partial charge is 0.438 e. The van der Waals surface area contributed by atoms with E-state index >= 15 is 0 Å². The second-order valence-corrected chi connectivity index (χ2v) is 20.1. The Labute approximate surface area is 351 Å². The highest BCUT2D eigenvalue weighted by Crippen LogP contribution is 2.48. The van der Waals surface area contributed by atoms with Gasteiger partial charge in [-0.3, -0.25) is 37.1 Å². The molecule has 0 radical (unpaired) electrons. The van der Waals surface area contributed by atoms with Gasteiger partial charge in [-0.25, -0.2) is 29.9 Å². The molecule has 1 atom stereocenters. The Hall–Kier alpha value is -4.67. The van der Waals surface area contributed by atoms with Crippen LogP contribution in [0.1, 0.15) is 62.3 Å². The molecule has 0 aliphatic rings. The molecule has 61 heavy (non-hydrogen) atoms. The van der Waals surface area contributed by atoms with Gasteiger partial charge in [0.1, 0.15) is 36.4 Å². The van der Waals surface area contributed by atoms with Crippen LogP contribution >= 0.6 is 15.2 Å². The van der Waals surface area contributed by atoms with Gasteiger partial charge in [0.2, 0.25) is 20.4 Å². The predicted molar refractivity (Wildman–Crippen MR) is 216 cm³/mol. The lowest BCUT2D eigenvalue weighted by Crippen LogP contribution is -2.25. The van der Waals surface area contributed by atoms with Crippen LogP contribution in [0.2, 0.25) is 0 Å². The lowest BCUT2D eigenvalue weighted by Gasteiger charge is -2.22. The zero-order valence-corrected chi connectivity index (χ0v) is 37.4. The minimum absolute atomic E-state index is 0.00956. The number of ether oxygens (including phenoxy) is 5. The molecular formula is C35H54N10O14P2. The van der Waals surface area contributed by atoms with Gasteiger partial charge in [0.05, 0.1) is 48.8 Å². The highest BCUT2D eigenvalue weighted by atomic mass is 31.2. The van der Waals surface area contributed by atoms with Crippen molar-refractivity contribution in [1.29, 1.82) is 0 Å². The van der Waals surface area contributed by atoms with E-state index in [9.17, 15) is 28.4 Å². The Kier molecular flexibility index (Phi) is 16.8. The Morgan fingerprint density at radius 1 is 0.607 bits per heavy atom. The number of imidazole rings is 2. The molecule has 0 aliphatic heterocycles.